The zero-order chi connectivity index (χ0) is 15.4. The minimum Gasteiger partial charge on any atom is -0.481 e. The molecule has 116 valence electrons. The maximum Gasteiger partial charge on any atom is 0.404 e. The number of rotatable bonds is 10. The van der Waals surface area contributed by atoms with Crippen LogP contribution in [-0.2, 0) is 9.53 Å². The standard InChI is InChI=1S/C12H23N3O5/c1-2-9(3-4-10(16)17)5-6-14-12(19)15-7-8-20-11(13)18/h9H,2-8H2,1H3,(H2,13,18)(H,16,17)(H2,14,15,19). The van der Waals surface area contributed by atoms with Gasteiger partial charge in [0.15, 0.2) is 0 Å². The van der Waals surface area contributed by atoms with Crippen LogP contribution in [0.15, 0.2) is 0 Å². The largest absolute Gasteiger partial charge is 0.481 e. The molecule has 8 nitrogen and oxygen atoms in total. The number of carbonyl (C=O) groups is 3. The van der Waals surface area contributed by atoms with E-state index in [2.05, 4.69) is 15.4 Å². The van der Waals surface area contributed by atoms with Crippen LogP contribution in [0.5, 0.6) is 0 Å². The average Bonchev–Trinajstić information content (AvgIpc) is 2.38. The van der Waals surface area contributed by atoms with Crippen LogP contribution in [0.3, 0.4) is 0 Å². The summed E-state index contributed by atoms with van der Waals surface area (Å²) in [5, 5.41) is 13.8. The number of nitrogens with one attached hydrogen (secondary N) is 2. The average molecular weight is 289 g/mol. The zero-order valence-electron chi connectivity index (χ0n) is 11.7. The quantitative estimate of drug-likeness (QED) is 0.439. The normalized spacial score (nSPS) is 11.4. The van der Waals surface area contributed by atoms with Gasteiger partial charge in [-0.15, -0.1) is 0 Å². The molecule has 3 amide bonds. The number of carboxylic acid groups (broad SMARTS) is 1. The summed E-state index contributed by atoms with van der Waals surface area (Å²) in [6.45, 7) is 2.68. The lowest BCUT2D eigenvalue weighted by Gasteiger charge is -2.14. The molecule has 8 heteroatoms. The summed E-state index contributed by atoms with van der Waals surface area (Å²) in [6, 6.07) is -0.355. The van der Waals surface area contributed by atoms with Gasteiger partial charge in [0.05, 0.1) is 6.54 Å². The first-order valence-corrected chi connectivity index (χ1v) is 6.61. The Morgan fingerprint density at radius 2 is 1.85 bits per heavy atom. The third kappa shape index (κ3) is 11.1. The SMILES string of the molecule is CCC(CCNC(=O)NCCOC(N)=O)CCC(=O)O. The lowest BCUT2D eigenvalue weighted by molar-refractivity contribution is -0.137. The topological polar surface area (TPSA) is 131 Å². The van der Waals surface area contributed by atoms with Gasteiger partial charge in [0.25, 0.3) is 0 Å². The second-order valence-electron chi connectivity index (χ2n) is 4.35. The van der Waals surface area contributed by atoms with Crippen LogP contribution in [0.1, 0.15) is 32.6 Å². The van der Waals surface area contributed by atoms with Crippen LogP contribution < -0.4 is 16.4 Å². The van der Waals surface area contributed by atoms with Gasteiger partial charge in [-0.05, 0) is 18.8 Å². The van der Waals surface area contributed by atoms with Crippen molar-refractivity contribution in [2.75, 3.05) is 19.7 Å². The number of carboxylic acids is 1. The van der Waals surface area contributed by atoms with Gasteiger partial charge in [0.2, 0.25) is 0 Å². The molecule has 0 aromatic heterocycles. The molecule has 0 aromatic carbocycles. The van der Waals surface area contributed by atoms with Crippen molar-refractivity contribution < 1.29 is 24.2 Å². The van der Waals surface area contributed by atoms with Crippen LogP contribution in [0.25, 0.3) is 0 Å². The molecular formula is C12H23N3O5. The summed E-state index contributed by atoms with van der Waals surface area (Å²) in [4.78, 5) is 32.1. The molecule has 5 N–H and O–H groups in total. The maximum absolute atomic E-state index is 11.3. The van der Waals surface area contributed by atoms with E-state index in [1.54, 1.807) is 0 Å². The van der Waals surface area contributed by atoms with Gasteiger partial charge < -0.3 is 26.2 Å². The molecule has 0 bridgehead atoms. The van der Waals surface area contributed by atoms with E-state index in [9.17, 15) is 14.4 Å². The summed E-state index contributed by atoms with van der Waals surface area (Å²) in [5.41, 5.74) is 4.76. The lowest BCUT2D eigenvalue weighted by atomic mass is 9.97. The Morgan fingerprint density at radius 3 is 2.40 bits per heavy atom. The summed E-state index contributed by atoms with van der Waals surface area (Å²) in [6.07, 6.45) is 1.49. The smallest absolute Gasteiger partial charge is 0.404 e. The Kier molecular flexibility index (Phi) is 9.81. The molecule has 0 fully saturated rings. The second kappa shape index (κ2) is 10.9. The predicted octanol–water partition coefficient (Wildman–Crippen LogP) is 0.662. The number of primary amides is 1. The minimum atomic E-state index is -0.878. The van der Waals surface area contributed by atoms with Crippen LogP contribution in [0.2, 0.25) is 0 Å². The van der Waals surface area contributed by atoms with Crippen molar-refractivity contribution in [3.63, 3.8) is 0 Å². The van der Waals surface area contributed by atoms with Gasteiger partial charge in [-0.3, -0.25) is 4.79 Å². The number of amides is 3. The molecule has 0 heterocycles. The molecule has 1 unspecified atom stereocenters. The number of aliphatic carboxylic acids is 1. The van der Waals surface area contributed by atoms with Gasteiger partial charge in [-0.25, -0.2) is 9.59 Å². The second-order valence-corrected chi connectivity index (χ2v) is 4.35. The van der Waals surface area contributed by atoms with Gasteiger partial charge in [-0.1, -0.05) is 13.3 Å². The molecule has 0 aliphatic rings. The zero-order valence-corrected chi connectivity index (χ0v) is 11.7. The number of ether oxygens (including phenoxy) is 1. The fourth-order valence-corrected chi connectivity index (χ4v) is 1.65. The molecule has 0 spiro atoms. The monoisotopic (exact) mass is 289 g/mol. The summed E-state index contributed by atoms with van der Waals surface area (Å²) in [7, 11) is 0. The number of carbonyl (C=O) groups excluding carboxylic acids is 2. The predicted molar refractivity (Wildman–Crippen MR) is 72.2 cm³/mol. The van der Waals surface area contributed by atoms with Crippen molar-refractivity contribution in [1.29, 1.82) is 0 Å². The van der Waals surface area contributed by atoms with Gasteiger partial charge >= 0.3 is 18.1 Å². The highest BCUT2D eigenvalue weighted by molar-refractivity contribution is 5.73. The highest BCUT2D eigenvalue weighted by Gasteiger charge is 2.09. The number of urea groups is 1. The van der Waals surface area contributed by atoms with Crippen molar-refractivity contribution in [2.45, 2.75) is 32.6 Å². The molecule has 0 rings (SSSR count). The Bertz CT molecular complexity index is 322. The van der Waals surface area contributed by atoms with Crippen LogP contribution in [0.4, 0.5) is 9.59 Å². The Morgan fingerprint density at radius 1 is 1.20 bits per heavy atom. The molecule has 0 radical (unpaired) electrons. The molecule has 20 heavy (non-hydrogen) atoms. The molecule has 0 aromatic rings. The summed E-state index contributed by atoms with van der Waals surface area (Å²) < 4.78 is 4.45. The Labute approximate surface area is 118 Å². The van der Waals surface area contributed by atoms with E-state index in [1.165, 1.54) is 0 Å². The fourth-order valence-electron chi connectivity index (χ4n) is 1.65. The molecule has 0 saturated carbocycles. The van der Waals surface area contributed by atoms with E-state index in [-0.39, 0.29) is 31.5 Å². The highest BCUT2D eigenvalue weighted by atomic mass is 16.5. The Balaban J connectivity index is 3.62. The first-order chi connectivity index (χ1) is 9.45. The van der Waals surface area contributed by atoms with Crippen molar-refractivity contribution in [3.8, 4) is 0 Å². The summed E-state index contributed by atoms with van der Waals surface area (Å²) >= 11 is 0. The fraction of sp³-hybridized carbons (Fsp3) is 0.750. The van der Waals surface area contributed by atoms with E-state index in [0.29, 0.717) is 13.0 Å². The Hall–Kier alpha value is -1.99. The van der Waals surface area contributed by atoms with Crippen LogP contribution >= 0.6 is 0 Å². The van der Waals surface area contributed by atoms with Crippen molar-refractivity contribution in [2.24, 2.45) is 11.7 Å². The lowest BCUT2D eigenvalue weighted by Crippen LogP contribution is -2.38. The van der Waals surface area contributed by atoms with Crippen molar-refractivity contribution in [1.82, 2.24) is 10.6 Å². The molecule has 0 saturated heterocycles. The first kappa shape index (κ1) is 18.0. The van der Waals surface area contributed by atoms with E-state index in [1.807, 2.05) is 6.92 Å². The third-order valence-electron chi connectivity index (χ3n) is 2.81. The van der Waals surface area contributed by atoms with Crippen molar-refractivity contribution >= 4 is 18.1 Å². The number of nitrogens with two attached hydrogens (primary N) is 1. The molecular weight excluding hydrogens is 266 g/mol. The van der Waals surface area contributed by atoms with E-state index in [4.69, 9.17) is 10.8 Å². The molecule has 1 atom stereocenters. The van der Waals surface area contributed by atoms with Crippen molar-refractivity contribution in [3.05, 3.63) is 0 Å². The van der Waals surface area contributed by atoms with Crippen LogP contribution in [0, 0.1) is 5.92 Å². The number of hydrogen-bond acceptors (Lipinski definition) is 4. The number of hydrogen-bond donors (Lipinski definition) is 4. The van der Waals surface area contributed by atoms with E-state index >= 15 is 0 Å². The highest BCUT2D eigenvalue weighted by Crippen LogP contribution is 2.14. The van der Waals surface area contributed by atoms with Gasteiger partial charge in [0.1, 0.15) is 6.61 Å². The van der Waals surface area contributed by atoms with E-state index in [0.717, 1.165) is 12.8 Å². The summed E-state index contributed by atoms with van der Waals surface area (Å²) in [5.74, 6) is -0.520. The van der Waals surface area contributed by atoms with Gasteiger partial charge in [0, 0.05) is 13.0 Å². The third-order valence-corrected chi connectivity index (χ3v) is 2.81. The van der Waals surface area contributed by atoms with E-state index < -0.39 is 12.1 Å². The van der Waals surface area contributed by atoms with Crippen LogP contribution in [-0.4, -0.2) is 42.9 Å². The molecule has 0 aliphatic heterocycles. The minimum absolute atomic E-state index is 0.0267. The van der Waals surface area contributed by atoms with Gasteiger partial charge in [-0.2, -0.15) is 0 Å². The maximum atomic E-state index is 11.3. The first-order valence-electron chi connectivity index (χ1n) is 6.61. The molecule has 0 aliphatic carbocycles.